The predicted octanol–water partition coefficient (Wildman–Crippen LogP) is 4.53. The van der Waals surface area contributed by atoms with Crippen LogP contribution in [0.1, 0.15) is 91.9 Å². The van der Waals surface area contributed by atoms with Gasteiger partial charge in [-0.15, -0.1) is 6.58 Å². The second-order valence-electron chi connectivity index (χ2n) is 8.91. The molecule has 0 aliphatic rings. The van der Waals surface area contributed by atoms with Crippen LogP contribution >= 0.6 is 0 Å². The maximum Gasteiger partial charge on any atom is 0.328 e. The van der Waals surface area contributed by atoms with Crippen LogP contribution in [-0.4, -0.2) is 37.0 Å². The summed E-state index contributed by atoms with van der Waals surface area (Å²) in [5.41, 5.74) is 0. The normalized spacial score (nSPS) is 13.0. The van der Waals surface area contributed by atoms with Crippen LogP contribution in [0.2, 0.25) is 0 Å². The lowest BCUT2D eigenvalue weighted by Crippen LogP contribution is -2.52. The summed E-state index contributed by atoms with van der Waals surface area (Å²) in [7, 11) is 1.31. The SMILES string of the molecule is C=CCCCCCCCCC(=O)NC(CC(C)C)C(=O)NC(CC(C)C)C(=O)OC. The van der Waals surface area contributed by atoms with Crippen molar-refractivity contribution in [3.63, 3.8) is 0 Å². The summed E-state index contributed by atoms with van der Waals surface area (Å²) in [6.45, 7) is 11.7. The zero-order valence-electron chi connectivity index (χ0n) is 19.8. The Hall–Kier alpha value is -1.85. The molecule has 2 N–H and O–H groups in total. The molecule has 2 atom stereocenters. The molecule has 0 heterocycles. The fourth-order valence-electron chi connectivity index (χ4n) is 3.35. The molecule has 174 valence electrons. The molecule has 0 spiro atoms. The van der Waals surface area contributed by atoms with E-state index in [1.165, 1.54) is 26.4 Å². The van der Waals surface area contributed by atoms with Gasteiger partial charge in [-0.1, -0.05) is 59.5 Å². The van der Waals surface area contributed by atoms with Crippen LogP contribution in [0.3, 0.4) is 0 Å². The van der Waals surface area contributed by atoms with E-state index in [0.717, 1.165) is 25.7 Å². The number of carbonyl (C=O) groups excluding carboxylic acids is 3. The highest BCUT2D eigenvalue weighted by Crippen LogP contribution is 2.11. The molecule has 0 fully saturated rings. The first-order valence-electron chi connectivity index (χ1n) is 11.5. The number of nitrogens with one attached hydrogen (secondary N) is 2. The van der Waals surface area contributed by atoms with Crippen molar-refractivity contribution in [3.8, 4) is 0 Å². The van der Waals surface area contributed by atoms with Crippen LogP contribution in [0.25, 0.3) is 0 Å². The first-order valence-corrected chi connectivity index (χ1v) is 11.5. The van der Waals surface area contributed by atoms with Gasteiger partial charge in [0.25, 0.3) is 0 Å². The molecule has 0 saturated carbocycles. The first-order chi connectivity index (χ1) is 14.2. The number of hydrogen-bond acceptors (Lipinski definition) is 4. The molecule has 0 aliphatic carbocycles. The minimum absolute atomic E-state index is 0.110. The largest absolute Gasteiger partial charge is 0.467 e. The Morgan fingerprint density at radius 2 is 1.37 bits per heavy atom. The Morgan fingerprint density at radius 1 is 0.833 bits per heavy atom. The van der Waals surface area contributed by atoms with Crippen LogP contribution in [0.5, 0.6) is 0 Å². The molecule has 0 aliphatic heterocycles. The zero-order chi connectivity index (χ0) is 22.9. The predicted molar refractivity (Wildman–Crippen MR) is 122 cm³/mol. The average Bonchev–Trinajstić information content (AvgIpc) is 2.67. The van der Waals surface area contributed by atoms with E-state index in [4.69, 9.17) is 4.74 Å². The fraction of sp³-hybridized carbons (Fsp3) is 0.792. The third kappa shape index (κ3) is 14.2. The van der Waals surface area contributed by atoms with Crippen molar-refractivity contribution in [2.24, 2.45) is 11.8 Å². The lowest BCUT2D eigenvalue weighted by atomic mass is 10.00. The van der Waals surface area contributed by atoms with E-state index in [0.29, 0.717) is 19.3 Å². The van der Waals surface area contributed by atoms with Crippen molar-refractivity contribution in [2.45, 2.75) is 104 Å². The Morgan fingerprint density at radius 3 is 1.90 bits per heavy atom. The monoisotopic (exact) mass is 424 g/mol. The number of hydrogen-bond donors (Lipinski definition) is 2. The van der Waals surface area contributed by atoms with Crippen molar-refractivity contribution in [1.82, 2.24) is 10.6 Å². The van der Waals surface area contributed by atoms with E-state index >= 15 is 0 Å². The number of esters is 1. The van der Waals surface area contributed by atoms with Gasteiger partial charge in [0.05, 0.1) is 7.11 Å². The molecule has 6 nitrogen and oxygen atoms in total. The van der Waals surface area contributed by atoms with E-state index in [9.17, 15) is 14.4 Å². The highest BCUT2D eigenvalue weighted by Gasteiger charge is 2.28. The topological polar surface area (TPSA) is 84.5 Å². The number of allylic oxidation sites excluding steroid dienone is 1. The second-order valence-corrected chi connectivity index (χ2v) is 8.91. The van der Waals surface area contributed by atoms with Crippen molar-refractivity contribution < 1.29 is 19.1 Å². The second kappa shape index (κ2) is 16.9. The van der Waals surface area contributed by atoms with Gasteiger partial charge in [-0.05, 0) is 43.9 Å². The third-order valence-electron chi connectivity index (χ3n) is 4.93. The number of methoxy groups -OCH3 is 1. The van der Waals surface area contributed by atoms with Crippen molar-refractivity contribution >= 4 is 17.8 Å². The van der Waals surface area contributed by atoms with E-state index in [-0.39, 0.29) is 23.7 Å². The van der Waals surface area contributed by atoms with Crippen LogP contribution in [0.4, 0.5) is 0 Å². The number of ether oxygens (including phenoxy) is 1. The molecular formula is C24H44N2O4. The molecule has 0 aromatic heterocycles. The van der Waals surface area contributed by atoms with Crippen molar-refractivity contribution in [3.05, 3.63) is 12.7 Å². The van der Waals surface area contributed by atoms with Gasteiger partial charge in [0.1, 0.15) is 12.1 Å². The third-order valence-corrected chi connectivity index (χ3v) is 4.93. The highest BCUT2D eigenvalue weighted by molar-refractivity contribution is 5.90. The lowest BCUT2D eigenvalue weighted by Gasteiger charge is -2.24. The van der Waals surface area contributed by atoms with Gasteiger partial charge in [0.2, 0.25) is 11.8 Å². The maximum absolute atomic E-state index is 12.8. The molecular weight excluding hydrogens is 380 g/mol. The minimum atomic E-state index is -0.699. The Kier molecular flexibility index (Phi) is 15.9. The molecule has 0 saturated heterocycles. The van der Waals surface area contributed by atoms with Crippen LogP contribution < -0.4 is 10.6 Å². The van der Waals surface area contributed by atoms with Crippen LogP contribution in [-0.2, 0) is 19.1 Å². The van der Waals surface area contributed by atoms with E-state index in [1.807, 2.05) is 33.8 Å². The number of rotatable bonds is 17. The summed E-state index contributed by atoms with van der Waals surface area (Å²) in [6.07, 6.45) is 11.0. The Bertz CT molecular complexity index is 517. The molecule has 0 rings (SSSR count). The average molecular weight is 425 g/mol. The van der Waals surface area contributed by atoms with Gasteiger partial charge < -0.3 is 15.4 Å². The molecule has 2 unspecified atom stereocenters. The molecule has 2 amide bonds. The summed E-state index contributed by atoms with van der Waals surface area (Å²) >= 11 is 0. The van der Waals surface area contributed by atoms with E-state index < -0.39 is 18.1 Å². The minimum Gasteiger partial charge on any atom is -0.467 e. The summed E-state index contributed by atoms with van der Waals surface area (Å²) in [5.74, 6) is -0.432. The fourth-order valence-corrected chi connectivity index (χ4v) is 3.35. The van der Waals surface area contributed by atoms with Crippen LogP contribution in [0.15, 0.2) is 12.7 Å². The quantitative estimate of drug-likeness (QED) is 0.204. The van der Waals surface area contributed by atoms with Gasteiger partial charge in [0.15, 0.2) is 0 Å². The summed E-state index contributed by atoms with van der Waals surface area (Å²) in [4.78, 5) is 37.2. The van der Waals surface area contributed by atoms with Gasteiger partial charge >= 0.3 is 5.97 Å². The molecule has 30 heavy (non-hydrogen) atoms. The van der Waals surface area contributed by atoms with Gasteiger partial charge in [0, 0.05) is 6.42 Å². The Balaban J connectivity index is 4.56. The van der Waals surface area contributed by atoms with Crippen molar-refractivity contribution in [1.29, 1.82) is 0 Å². The number of unbranched alkanes of at least 4 members (excludes halogenated alkanes) is 6. The smallest absolute Gasteiger partial charge is 0.328 e. The summed E-state index contributed by atoms with van der Waals surface area (Å²) in [5, 5.41) is 5.64. The van der Waals surface area contributed by atoms with E-state index in [1.54, 1.807) is 0 Å². The number of amides is 2. The molecule has 0 aromatic carbocycles. The van der Waals surface area contributed by atoms with Crippen LogP contribution in [0, 0.1) is 11.8 Å². The molecule has 6 heteroatoms. The molecule has 0 radical (unpaired) electrons. The highest BCUT2D eigenvalue weighted by atomic mass is 16.5. The van der Waals surface area contributed by atoms with Gasteiger partial charge in [-0.2, -0.15) is 0 Å². The summed E-state index contributed by atoms with van der Waals surface area (Å²) in [6, 6.07) is -1.34. The molecule has 0 aromatic rings. The zero-order valence-corrected chi connectivity index (χ0v) is 19.8. The number of carbonyl (C=O) groups is 3. The Labute approximate surface area is 183 Å². The first kappa shape index (κ1) is 28.1. The van der Waals surface area contributed by atoms with E-state index in [2.05, 4.69) is 17.2 Å². The maximum atomic E-state index is 12.8. The molecule has 0 bridgehead atoms. The van der Waals surface area contributed by atoms with Gasteiger partial charge in [-0.3, -0.25) is 9.59 Å². The summed E-state index contributed by atoms with van der Waals surface area (Å²) < 4.78 is 4.82. The van der Waals surface area contributed by atoms with Gasteiger partial charge in [-0.25, -0.2) is 4.79 Å². The standard InChI is InChI=1S/C24H44N2O4/c1-7-8-9-10-11-12-13-14-15-22(27)25-20(16-18(2)3)23(28)26-21(17-19(4)5)24(29)30-6/h7,18-21H,1,8-17H2,2-6H3,(H,25,27)(H,26,28). The van der Waals surface area contributed by atoms with Crippen molar-refractivity contribution in [2.75, 3.05) is 7.11 Å². The lowest BCUT2D eigenvalue weighted by molar-refractivity contribution is -0.145.